The molecule has 102 valence electrons. The lowest BCUT2D eigenvalue weighted by Crippen LogP contribution is -2.42. The van der Waals surface area contributed by atoms with Crippen molar-refractivity contribution in [2.45, 2.75) is 38.5 Å². The number of carbonyl (C=O) groups is 1. The van der Waals surface area contributed by atoms with Crippen molar-refractivity contribution >= 4 is 21.8 Å². The SMILES string of the molecule is O=C(C1CC=C(Br)CC1)N1CCC(CCO)CC1. The quantitative estimate of drug-likeness (QED) is 0.870. The minimum absolute atomic E-state index is 0.195. The van der Waals surface area contributed by atoms with Gasteiger partial charge in [-0.15, -0.1) is 0 Å². The number of aliphatic hydroxyl groups is 1. The van der Waals surface area contributed by atoms with Crippen LogP contribution in [0.15, 0.2) is 10.6 Å². The highest BCUT2D eigenvalue weighted by molar-refractivity contribution is 9.11. The summed E-state index contributed by atoms with van der Waals surface area (Å²) in [4.78, 5) is 14.4. The molecule has 0 aromatic heterocycles. The van der Waals surface area contributed by atoms with E-state index in [1.165, 1.54) is 4.48 Å². The molecule has 1 saturated heterocycles. The summed E-state index contributed by atoms with van der Waals surface area (Å²) in [6, 6.07) is 0. The van der Waals surface area contributed by atoms with Crippen molar-refractivity contribution < 1.29 is 9.90 Å². The smallest absolute Gasteiger partial charge is 0.226 e. The van der Waals surface area contributed by atoms with Crippen molar-refractivity contribution in [3.05, 3.63) is 10.6 Å². The molecule has 4 heteroatoms. The molecule has 2 aliphatic rings. The van der Waals surface area contributed by atoms with Crippen LogP contribution in [0.1, 0.15) is 38.5 Å². The summed E-state index contributed by atoms with van der Waals surface area (Å²) in [6.45, 7) is 2.04. The maximum absolute atomic E-state index is 12.4. The summed E-state index contributed by atoms with van der Waals surface area (Å²) in [5, 5.41) is 8.93. The third-order valence-electron chi connectivity index (χ3n) is 4.17. The molecule has 0 spiro atoms. The minimum atomic E-state index is 0.195. The normalized spacial score (nSPS) is 26.0. The number of likely N-dealkylation sites (tertiary alicyclic amines) is 1. The van der Waals surface area contributed by atoms with Gasteiger partial charge in [-0.05, 0) is 48.9 Å². The number of carbonyl (C=O) groups excluding carboxylic acids is 1. The van der Waals surface area contributed by atoms with E-state index in [-0.39, 0.29) is 12.5 Å². The third kappa shape index (κ3) is 3.58. The second-order valence-electron chi connectivity index (χ2n) is 5.40. The van der Waals surface area contributed by atoms with E-state index in [4.69, 9.17) is 5.11 Å². The van der Waals surface area contributed by atoms with Crippen molar-refractivity contribution in [1.29, 1.82) is 0 Å². The number of aliphatic hydroxyl groups excluding tert-OH is 1. The minimum Gasteiger partial charge on any atom is -0.396 e. The fourth-order valence-corrected chi connectivity index (χ4v) is 3.33. The average molecular weight is 316 g/mol. The maximum atomic E-state index is 12.4. The molecular formula is C14H22BrNO2. The fraction of sp³-hybridized carbons (Fsp3) is 0.786. The van der Waals surface area contributed by atoms with Crippen LogP contribution < -0.4 is 0 Å². The highest BCUT2D eigenvalue weighted by Gasteiger charge is 2.28. The van der Waals surface area contributed by atoms with Crippen molar-refractivity contribution in [1.82, 2.24) is 4.90 Å². The summed E-state index contributed by atoms with van der Waals surface area (Å²) in [5.74, 6) is 1.15. The van der Waals surface area contributed by atoms with Crippen molar-refractivity contribution in [3.8, 4) is 0 Å². The molecule has 1 atom stereocenters. The lowest BCUT2D eigenvalue weighted by Gasteiger charge is -2.34. The Morgan fingerprint density at radius 1 is 1.39 bits per heavy atom. The predicted molar refractivity (Wildman–Crippen MR) is 75.4 cm³/mol. The molecule has 1 N–H and O–H groups in total. The van der Waals surface area contributed by atoms with Crippen LogP contribution in [0.5, 0.6) is 0 Å². The third-order valence-corrected chi connectivity index (χ3v) is 4.89. The van der Waals surface area contributed by atoms with Crippen molar-refractivity contribution in [3.63, 3.8) is 0 Å². The Balaban J connectivity index is 1.81. The zero-order valence-electron chi connectivity index (χ0n) is 10.8. The van der Waals surface area contributed by atoms with Crippen LogP contribution in [-0.4, -0.2) is 35.6 Å². The molecule has 1 aliphatic carbocycles. The molecule has 0 aromatic rings. The van der Waals surface area contributed by atoms with E-state index in [0.717, 1.165) is 51.6 Å². The predicted octanol–water partition coefficient (Wildman–Crippen LogP) is 2.69. The topological polar surface area (TPSA) is 40.5 Å². The van der Waals surface area contributed by atoms with Crippen LogP contribution in [0.2, 0.25) is 0 Å². The summed E-state index contributed by atoms with van der Waals surface area (Å²) >= 11 is 3.50. The van der Waals surface area contributed by atoms with Gasteiger partial charge in [0, 0.05) is 25.6 Å². The molecular weight excluding hydrogens is 294 g/mol. The summed E-state index contributed by atoms with van der Waals surface area (Å²) in [7, 11) is 0. The van der Waals surface area contributed by atoms with Gasteiger partial charge >= 0.3 is 0 Å². The van der Waals surface area contributed by atoms with Crippen LogP contribution in [0, 0.1) is 11.8 Å². The Labute approximate surface area is 117 Å². The van der Waals surface area contributed by atoms with E-state index >= 15 is 0 Å². The van der Waals surface area contributed by atoms with E-state index in [0.29, 0.717) is 11.8 Å². The van der Waals surface area contributed by atoms with Gasteiger partial charge in [0.15, 0.2) is 0 Å². The summed E-state index contributed by atoms with van der Waals surface area (Å²) in [6.07, 6.45) is 8.00. The van der Waals surface area contributed by atoms with Gasteiger partial charge in [0.25, 0.3) is 0 Å². The van der Waals surface area contributed by atoms with Crippen molar-refractivity contribution in [2.24, 2.45) is 11.8 Å². The summed E-state index contributed by atoms with van der Waals surface area (Å²) < 4.78 is 1.24. The fourth-order valence-electron chi connectivity index (χ4n) is 2.91. The van der Waals surface area contributed by atoms with Gasteiger partial charge in [-0.25, -0.2) is 0 Å². The number of halogens is 1. The number of rotatable bonds is 3. The van der Waals surface area contributed by atoms with Gasteiger partial charge in [0.2, 0.25) is 5.91 Å². The molecule has 0 saturated carbocycles. The van der Waals surface area contributed by atoms with Gasteiger partial charge in [-0.2, -0.15) is 0 Å². The molecule has 3 nitrogen and oxygen atoms in total. The number of allylic oxidation sites excluding steroid dienone is 2. The van der Waals surface area contributed by atoms with Gasteiger partial charge < -0.3 is 10.0 Å². The molecule has 0 bridgehead atoms. The number of hydrogen-bond acceptors (Lipinski definition) is 2. The van der Waals surface area contributed by atoms with Gasteiger partial charge in [-0.3, -0.25) is 4.79 Å². The number of piperidine rings is 1. The van der Waals surface area contributed by atoms with Crippen LogP contribution in [0.3, 0.4) is 0 Å². The lowest BCUT2D eigenvalue weighted by molar-refractivity contribution is -0.137. The first-order chi connectivity index (χ1) is 8.70. The standard InChI is InChI=1S/C14H22BrNO2/c15-13-3-1-12(2-4-13)14(18)16-8-5-11(6-9-16)7-10-17/h3,11-12,17H,1-2,4-10H2. The van der Waals surface area contributed by atoms with E-state index in [1.54, 1.807) is 0 Å². The van der Waals surface area contributed by atoms with Crippen molar-refractivity contribution in [2.75, 3.05) is 19.7 Å². The molecule has 1 fully saturated rings. The molecule has 0 aromatic carbocycles. The van der Waals surface area contributed by atoms with Gasteiger partial charge in [0.1, 0.15) is 0 Å². The van der Waals surface area contributed by atoms with Crippen LogP contribution >= 0.6 is 15.9 Å². The molecule has 2 rings (SSSR count). The van der Waals surface area contributed by atoms with Gasteiger partial charge in [0.05, 0.1) is 0 Å². The molecule has 1 aliphatic heterocycles. The zero-order chi connectivity index (χ0) is 13.0. The zero-order valence-corrected chi connectivity index (χ0v) is 12.4. The van der Waals surface area contributed by atoms with E-state index < -0.39 is 0 Å². The first kappa shape index (κ1) is 14.1. The van der Waals surface area contributed by atoms with E-state index in [9.17, 15) is 4.79 Å². The molecule has 1 amide bonds. The van der Waals surface area contributed by atoms with Gasteiger partial charge in [-0.1, -0.05) is 22.0 Å². The first-order valence-electron chi connectivity index (χ1n) is 6.95. The number of hydrogen-bond donors (Lipinski definition) is 1. The Morgan fingerprint density at radius 2 is 2.11 bits per heavy atom. The second-order valence-corrected chi connectivity index (χ2v) is 6.42. The second kappa shape index (κ2) is 6.71. The maximum Gasteiger partial charge on any atom is 0.226 e. The Kier molecular flexibility index (Phi) is 5.25. The van der Waals surface area contributed by atoms with Crippen LogP contribution in [0.25, 0.3) is 0 Å². The Morgan fingerprint density at radius 3 is 2.67 bits per heavy atom. The van der Waals surface area contributed by atoms with Crippen LogP contribution in [0.4, 0.5) is 0 Å². The molecule has 18 heavy (non-hydrogen) atoms. The van der Waals surface area contributed by atoms with Crippen LogP contribution in [-0.2, 0) is 4.79 Å². The lowest BCUT2D eigenvalue weighted by atomic mass is 9.90. The monoisotopic (exact) mass is 315 g/mol. The number of nitrogens with zero attached hydrogens (tertiary/aromatic N) is 1. The average Bonchev–Trinajstić information content (AvgIpc) is 2.40. The highest BCUT2D eigenvalue weighted by atomic mass is 79.9. The van der Waals surface area contributed by atoms with E-state index in [1.807, 2.05) is 4.90 Å². The highest BCUT2D eigenvalue weighted by Crippen LogP contribution is 2.29. The molecule has 0 radical (unpaired) electrons. The molecule has 1 unspecified atom stereocenters. The Bertz CT molecular complexity index is 322. The first-order valence-corrected chi connectivity index (χ1v) is 7.74. The molecule has 1 heterocycles. The Hall–Kier alpha value is -0.350. The summed E-state index contributed by atoms with van der Waals surface area (Å²) in [5.41, 5.74) is 0. The number of amides is 1. The van der Waals surface area contributed by atoms with E-state index in [2.05, 4.69) is 22.0 Å². The largest absolute Gasteiger partial charge is 0.396 e.